The maximum absolute atomic E-state index is 12.6. The average Bonchev–Trinajstić information content (AvgIpc) is 2.43. The van der Waals surface area contributed by atoms with Gasteiger partial charge in [0.1, 0.15) is 13.2 Å². The van der Waals surface area contributed by atoms with Gasteiger partial charge in [-0.2, -0.15) is 13.2 Å². The number of alkyl halides is 4. The van der Waals surface area contributed by atoms with E-state index in [9.17, 15) is 26.0 Å². The Labute approximate surface area is 131 Å². The number of hydrogen-bond donors (Lipinski definition) is 2. The first kappa shape index (κ1) is 19.1. The number of hydrogen-bond acceptors (Lipinski definition) is 3. The highest BCUT2D eigenvalue weighted by molar-refractivity contribution is 7.89. The van der Waals surface area contributed by atoms with Crippen molar-refractivity contribution in [2.75, 3.05) is 13.2 Å². The van der Waals surface area contributed by atoms with Gasteiger partial charge in [0.15, 0.2) is 0 Å². The minimum Gasteiger partial charge on any atom is -0.307 e. The molecule has 1 unspecified atom stereocenters. The third-order valence-corrected chi connectivity index (χ3v) is 4.58. The lowest BCUT2D eigenvalue weighted by atomic mass is 9.96. The zero-order chi connectivity index (χ0) is 15.7. The molecule has 126 valence electrons. The van der Waals surface area contributed by atoms with Crippen molar-refractivity contribution in [1.82, 2.24) is 10.0 Å². The van der Waals surface area contributed by atoms with Gasteiger partial charge in [-0.15, -0.1) is 12.4 Å². The van der Waals surface area contributed by atoms with Crippen LogP contribution >= 0.6 is 12.4 Å². The van der Waals surface area contributed by atoms with Crippen LogP contribution in [0, 0.1) is 0 Å². The minimum atomic E-state index is -4.61. The summed E-state index contributed by atoms with van der Waals surface area (Å²) in [7, 11) is -4.22. The third-order valence-electron chi connectivity index (χ3n) is 3.18. The van der Waals surface area contributed by atoms with Crippen molar-refractivity contribution in [3.63, 3.8) is 0 Å². The largest absolute Gasteiger partial charge is 0.402 e. The Hall–Kier alpha value is -0.900. The van der Waals surface area contributed by atoms with Crippen LogP contribution in [0.15, 0.2) is 23.1 Å². The molecule has 0 bridgehead atoms. The Balaban J connectivity index is 0.00000242. The van der Waals surface area contributed by atoms with Crippen LogP contribution in [-0.4, -0.2) is 33.9 Å². The summed E-state index contributed by atoms with van der Waals surface area (Å²) in [5.74, 6) is 0. The predicted octanol–water partition coefficient (Wildman–Crippen LogP) is 1.93. The average molecular weight is 363 g/mol. The molecule has 22 heavy (non-hydrogen) atoms. The normalized spacial score (nSPS) is 18.5. The fourth-order valence-electron chi connectivity index (χ4n) is 2.09. The molecule has 2 rings (SSSR count). The van der Waals surface area contributed by atoms with E-state index >= 15 is 0 Å². The minimum absolute atomic E-state index is 0. The number of rotatable bonds is 4. The van der Waals surface area contributed by atoms with Gasteiger partial charge in [0.2, 0.25) is 10.0 Å². The molecule has 1 aliphatic rings. The molecule has 1 aromatic carbocycles. The fourth-order valence-corrected chi connectivity index (χ4v) is 3.16. The van der Waals surface area contributed by atoms with Gasteiger partial charge in [0.25, 0.3) is 0 Å². The summed E-state index contributed by atoms with van der Waals surface area (Å²) in [4.78, 5) is -0.231. The zero-order valence-corrected chi connectivity index (χ0v) is 12.9. The molecule has 1 atom stereocenters. The van der Waals surface area contributed by atoms with Gasteiger partial charge in [0.05, 0.1) is 4.90 Å². The van der Waals surface area contributed by atoms with E-state index in [0.717, 1.165) is 5.56 Å². The molecule has 0 aliphatic carbocycles. The van der Waals surface area contributed by atoms with E-state index < -0.39 is 29.4 Å². The van der Waals surface area contributed by atoms with Crippen LogP contribution in [0.2, 0.25) is 0 Å². The van der Waals surface area contributed by atoms with Crippen molar-refractivity contribution in [3.05, 3.63) is 29.3 Å². The predicted molar refractivity (Wildman–Crippen MR) is 75.2 cm³/mol. The maximum Gasteiger partial charge on any atom is 0.402 e. The van der Waals surface area contributed by atoms with Crippen molar-refractivity contribution < 1.29 is 26.0 Å². The quantitative estimate of drug-likeness (QED) is 0.805. The van der Waals surface area contributed by atoms with Crippen LogP contribution in [0.5, 0.6) is 0 Å². The van der Waals surface area contributed by atoms with Gasteiger partial charge in [-0.3, -0.25) is 0 Å². The molecular formula is C12H15ClF4N2O2S. The van der Waals surface area contributed by atoms with Gasteiger partial charge in [-0.25, -0.2) is 17.5 Å². The van der Waals surface area contributed by atoms with Crippen molar-refractivity contribution in [1.29, 1.82) is 0 Å². The lowest BCUT2D eigenvalue weighted by molar-refractivity contribution is -0.121. The van der Waals surface area contributed by atoms with Gasteiger partial charge in [-0.05, 0) is 29.7 Å². The Morgan fingerprint density at radius 1 is 1.27 bits per heavy atom. The first-order valence-electron chi connectivity index (χ1n) is 6.19. The molecule has 0 radical (unpaired) electrons. The number of halogens is 5. The van der Waals surface area contributed by atoms with Crippen molar-refractivity contribution in [2.24, 2.45) is 0 Å². The molecule has 0 spiro atoms. The summed E-state index contributed by atoms with van der Waals surface area (Å²) in [6, 6.07) is 3.75. The van der Waals surface area contributed by atoms with Gasteiger partial charge < -0.3 is 5.32 Å². The molecule has 1 aliphatic heterocycles. The second-order valence-electron chi connectivity index (χ2n) is 4.81. The second kappa shape index (κ2) is 7.12. The molecule has 1 aromatic rings. The molecule has 0 fully saturated rings. The first-order valence-corrected chi connectivity index (χ1v) is 7.67. The zero-order valence-electron chi connectivity index (χ0n) is 11.3. The van der Waals surface area contributed by atoms with Crippen LogP contribution in [0.1, 0.15) is 11.1 Å². The summed E-state index contributed by atoms with van der Waals surface area (Å²) in [5, 5.41) is 2.89. The standard InChI is InChI=1S/C12H14F4N2O2S.ClH/c13-5-10-3-8-1-2-11(4-9(8)6-17-10)21(19,20)18-7-12(14,15)16;/h1-2,4,10,17-18H,3,5-7H2;1H. The summed E-state index contributed by atoms with van der Waals surface area (Å²) >= 11 is 0. The number of fused-ring (bicyclic) bond motifs is 1. The highest BCUT2D eigenvalue weighted by atomic mass is 35.5. The number of sulfonamides is 1. The highest BCUT2D eigenvalue weighted by Gasteiger charge is 2.30. The van der Waals surface area contributed by atoms with E-state index in [-0.39, 0.29) is 29.9 Å². The molecule has 0 aromatic heterocycles. The van der Waals surface area contributed by atoms with Crippen molar-refractivity contribution in [2.45, 2.75) is 30.1 Å². The second-order valence-corrected chi connectivity index (χ2v) is 6.57. The van der Waals surface area contributed by atoms with E-state index in [1.165, 1.54) is 22.9 Å². The van der Waals surface area contributed by atoms with E-state index in [0.29, 0.717) is 12.0 Å². The van der Waals surface area contributed by atoms with Gasteiger partial charge in [0, 0.05) is 12.6 Å². The van der Waals surface area contributed by atoms with Crippen LogP contribution in [-0.2, 0) is 23.0 Å². The lowest BCUT2D eigenvalue weighted by Gasteiger charge is -2.24. The van der Waals surface area contributed by atoms with Gasteiger partial charge >= 0.3 is 6.18 Å². The van der Waals surface area contributed by atoms with E-state index in [1.807, 2.05) is 0 Å². The van der Waals surface area contributed by atoms with E-state index in [4.69, 9.17) is 0 Å². The highest BCUT2D eigenvalue weighted by Crippen LogP contribution is 2.22. The molecule has 0 saturated heterocycles. The molecular weight excluding hydrogens is 348 g/mol. The Kier molecular flexibility index (Phi) is 6.19. The van der Waals surface area contributed by atoms with Crippen molar-refractivity contribution >= 4 is 22.4 Å². The van der Waals surface area contributed by atoms with E-state index in [2.05, 4.69) is 5.32 Å². The number of nitrogens with one attached hydrogen (secondary N) is 2. The Morgan fingerprint density at radius 3 is 2.55 bits per heavy atom. The SMILES string of the molecule is Cl.O=S(=O)(NCC(F)(F)F)c1ccc2c(c1)CNC(CF)C2. The van der Waals surface area contributed by atoms with Crippen LogP contribution in [0.4, 0.5) is 17.6 Å². The summed E-state index contributed by atoms with van der Waals surface area (Å²) < 4.78 is 73.9. The number of benzene rings is 1. The van der Waals surface area contributed by atoms with Crippen LogP contribution in [0.25, 0.3) is 0 Å². The smallest absolute Gasteiger partial charge is 0.307 e. The molecule has 10 heteroatoms. The third kappa shape index (κ3) is 4.80. The molecule has 0 amide bonds. The Bertz CT molecular complexity index is 622. The molecule has 2 N–H and O–H groups in total. The monoisotopic (exact) mass is 362 g/mol. The van der Waals surface area contributed by atoms with Crippen molar-refractivity contribution in [3.8, 4) is 0 Å². The topological polar surface area (TPSA) is 58.2 Å². The molecule has 0 saturated carbocycles. The summed E-state index contributed by atoms with van der Waals surface area (Å²) in [6.45, 7) is -1.87. The molecule has 1 heterocycles. The van der Waals surface area contributed by atoms with Gasteiger partial charge in [-0.1, -0.05) is 6.07 Å². The summed E-state index contributed by atoms with van der Waals surface area (Å²) in [5.41, 5.74) is 1.45. The molecule has 4 nitrogen and oxygen atoms in total. The van der Waals surface area contributed by atoms with Crippen LogP contribution in [0.3, 0.4) is 0 Å². The summed E-state index contributed by atoms with van der Waals surface area (Å²) in [6.07, 6.45) is -4.20. The van der Waals surface area contributed by atoms with E-state index in [1.54, 1.807) is 0 Å². The van der Waals surface area contributed by atoms with Crippen LogP contribution < -0.4 is 10.0 Å². The fraction of sp³-hybridized carbons (Fsp3) is 0.500. The maximum atomic E-state index is 12.6. The first-order chi connectivity index (χ1) is 9.71. The Morgan fingerprint density at radius 2 is 1.95 bits per heavy atom. The lowest BCUT2D eigenvalue weighted by Crippen LogP contribution is -2.37.